The summed E-state index contributed by atoms with van der Waals surface area (Å²) in [5, 5.41) is 2.76. The molecule has 1 atom stereocenters. The Morgan fingerprint density at radius 3 is 2.18 bits per heavy atom. The number of carbonyl (C=O) groups is 1. The van der Waals surface area contributed by atoms with E-state index >= 15 is 0 Å². The van der Waals surface area contributed by atoms with Gasteiger partial charge < -0.3 is 5.32 Å². The molecule has 3 aromatic rings. The number of benzene rings is 2. The van der Waals surface area contributed by atoms with Gasteiger partial charge in [0.1, 0.15) is 6.04 Å². The van der Waals surface area contributed by atoms with Crippen molar-refractivity contribution in [3.8, 4) is 0 Å². The van der Waals surface area contributed by atoms with Gasteiger partial charge in [-0.15, -0.1) is 0 Å². The second-order valence-corrected chi connectivity index (χ2v) is 7.93. The summed E-state index contributed by atoms with van der Waals surface area (Å²) in [4.78, 5) is 17.0. The van der Waals surface area contributed by atoms with Crippen molar-refractivity contribution in [3.63, 3.8) is 0 Å². The molecule has 6 nitrogen and oxygen atoms in total. The first-order chi connectivity index (χ1) is 13.5. The Balaban J connectivity index is 1.77. The van der Waals surface area contributed by atoms with Crippen LogP contribution in [0.1, 0.15) is 11.3 Å². The number of nitrogens with zero attached hydrogens (tertiary/aromatic N) is 1. The third-order valence-corrected chi connectivity index (χ3v) is 5.61. The Morgan fingerprint density at radius 1 is 0.893 bits per heavy atom. The van der Waals surface area contributed by atoms with Gasteiger partial charge in [-0.2, -0.15) is 4.72 Å². The van der Waals surface area contributed by atoms with Gasteiger partial charge in [0.15, 0.2) is 0 Å². The maximum atomic E-state index is 12.8. The van der Waals surface area contributed by atoms with Crippen molar-refractivity contribution in [3.05, 3.63) is 96.3 Å². The Bertz CT molecular complexity index is 995. The van der Waals surface area contributed by atoms with Gasteiger partial charge in [0.05, 0.1) is 17.1 Å². The zero-order valence-corrected chi connectivity index (χ0v) is 16.0. The molecule has 0 spiro atoms. The standard InChI is InChI=1S/C21H21N3O3S/c25-21(23-16-18-11-7-8-14-22-18)20(15-17-9-3-1-4-10-17)24-28(26,27)19-12-5-2-6-13-19/h1-14,20,24H,15-16H2,(H,23,25)/t20-/m1/s1. The van der Waals surface area contributed by atoms with E-state index in [0.717, 1.165) is 5.56 Å². The van der Waals surface area contributed by atoms with Crippen LogP contribution in [0.4, 0.5) is 0 Å². The molecule has 0 aliphatic carbocycles. The quantitative estimate of drug-likeness (QED) is 0.613. The summed E-state index contributed by atoms with van der Waals surface area (Å²) in [6.07, 6.45) is 1.88. The van der Waals surface area contributed by atoms with Crippen LogP contribution in [-0.4, -0.2) is 25.4 Å². The van der Waals surface area contributed by atoms with Gasteiger partial charge in [-0.1, -0.05) is 54.6 Å². The van der Waals surface area contributed by atoms with Crippen molar-refractivity contribution in [1.82, 2.24) is 15.0 Å². The highest BCUT2D eigenvalue weighted by Gasteiger charge is 2.26. The highest BCUT2D eigenvalue weighted by Crippen LogP contribution is 2.11. The number of carbonyl (C=O) groups excluding carboxylic acids is 1. The molecular weight excluding hydrogens is 374 g/mol. The van der Waals surface area contributed by atoms with Crippen molar-refractivity contribution in [2.45, 2.75) is 23.9 Å². The number of amides is 1. The Kier molecular flexibility index (Phi) is 6.52. The smallest absolute Gasteiger partial charge is 0.241 e. The Hall–Kier alpha value is -3.03. The topological polar surface area (TPSA) is 88.2 Å². The van der Waals surface area contributed by atoms with Crippen LogP contribution in [0.15, 0.2) is 90.0 Å². The Labute approximate surface area is 164 Å². The van der Waals surface area contributed by atoms with E-state index in [9.17, 15) is 13.2 Å². The number of sulfonamides is 1. The monoisotopic (exact) mass is 395 g/mol. The van der Waals surface area contributed by atoms with E-state index in [0.29, 0.717) is 5.69 Å². The van der Waals surface area contributed by atoms with E-state index in [2.05, 4.69) is 15.0 Å². The fourth-order valence-corrected chi connectivity index (χ4v) is 3.91. The number of nitrogens with one attached hydrogen (secondary N) is 2. The summed E-state index contributed by atoms with van der Waals surface area (Å²) >= 11 is 0. The number of hydrogen-bond acceptors (Lipinski definition) is 4. The molecule has 0 saturated carbocycles. The molecule has 2 aromatic carbocycles. The predicted octanol–water partition coefficient (Wildman–Crippen LogP) is 2.29. The van der Waals surface area contributed by atoms with Crippen LogP contribution in [-0.2, 0) is 27.8 Å². The molecule has 1 amide bonds. The first-order valence-corrected chi connectivity index (χ1v) is 10.3. The number of hydrogen-bond donors (Lipinski definition) is 2. The number of aromatic nitrogens is 1. The summed E-state index contributed by atoms with van der Waals surface area (Å²) in [5.74, 6) is -0.408. The van der Waals surface area contributed by atoms with E-state index in [4.69, 9.17) is 0 Å². The van der Waals surface area contributed by atoms with Gasteiger partial charge in [-0.3, -0.25) is 9.78 Å². The second kappa shape index (κ2) is 9.25. The molecule has 0 bridgehead atoms. The number of rotatable bonds is 8. The van der Waals surface area contributed by atoms with E-state index < -0.39 is 22.0 Å². The lowest BCUT2D eigenvalue weighted by Gasteiger charge is -2.19. The minimum atomic E-state index is -3.83. The largest absolute Gasteiger partial charge is 0.349 e. The summed E-state index contributed by atoms with van der Waals surface area (Å²) in [6, 6.07) is 21.8. The van der Waals surface area contributed by atoms with E-state index in [-0.39, 0.29) is 17.9 Å². The van der Waals surface area contributed by atoms with Crippen molar-refractivity contribution in [1.29, 1.82) is 0 Å². The third kappa shape index (κ3) is 5.48. The maximum absolute atomic E-state index is 12.8. The summed E-state index contributed by atoms with van der Waals surface area (Å²) in [7, 11) is -3.83. The van der Waals surface area contributed by atoms with Crippen molar-refractivity contribution >= 4 is 15.9 Å². The summed E-state index contributed by atoms with van der Waals surface area (Å²) in [6.45, 7) is 0.220. The average molecular weight is 395 g/mol. The number of pyridine rings is 1. The molecule has 1 aromatic heterocycles. The molecule has 1 heterocycles. The van der Waals surface area contributed by atoms with Gasteiger partial charge in [0.2, 0.25) is 15.9 Å². The van der Waals surface area contributed by atoms with Crippen LogP contribution in [0.3, 0.4) is 0 Å². The van der Waals surface area contributed by atoms with Crippen LogP contribution >= 0.6 is 0 Å². The lowest BCUT2D eigenvalue weighted by Crippen LogP contribution is -2.47. The third-order valence-electron chi connectivity index (χ3n) is 4.12. The van der Waals surface area contributed by atoms with Gasteiger partial charge in [-0.25, -0.2) is 8.42 Å². The van der Waals surface area contributed by atoms with Crippen LogP contribution in [0, 0.1) is 0 Å². The van der Waals surface area contributed by atoms with Gasteiger partial charge in [-0.05, 0) is 36.2 Å². The van der Waals surface area contributed by atoms with Gasteiger partial charge in [0.25, 0.3) is 0 Å². The molecule has 0 aliphatic heterocycles. The zero-order valence-electron chi connectivity index (χ0n) is 15.2. The normalized spacial score (nSPS) is 12.3. The fourth-order valence-electron chi connectivity index (χ4n) is 2.70. The minimum absolute atomic E-state index is 0.116. The first-order valence-electron chi connectivity index (χ1n) is 8.83. The molecule has 7 heteroatoms. The first kappa shape index (κ1) is 19.7. The minimum Gasteiger partial charge on any atom is -0.349 e. The van der Waals surface area contributed by atoms with Gasteiger partial charge in [0, 0.05) is 6.20 Å². The molecule has 0 saturated heterocycles. The molecule has 2 N–H and O–H groups in total. The van der Waals surface area contributed by atoms with Crippen molar-refractivity contribution in [2.75, 3.05) is 0 Å². The SMILES string of the molecule is O=C(NCc1ccccn1)[C@@H](Cc1ccccc1)NS(=O)(=O)c1ccccc1. The van der Waals surface area contributed by atoms with E-state index in [1.165, 1.54) is 12.1 Å². The molecular formula is C21H21N3O3S. The molecule has 0 aliphatic rings. The molecule has 0 fully saturated rings. The Morgan fingerprint density at radius 2 is 1.54 bits per heavy atom. The van der Waals surface area contributed by atoms with Crippen LogP contribution in [0.25, 0.3) is 0 Å². The van der Waals surface area contributed by atoms with Crippen LogP contribution in [0.2, 0.25) is 0 Å². The molecule has 0 radical (unpaired) electrons. The second-order valence-electron chi connectivity index (χ2n) is 6.22. The van der Waals surface area contributed by atoms with Gasteiger partial charge >= 0.3 is 0 Å². The average Bonchev–Trinajstić information content (AvgIpc) is 2.73. The lowest BCUT2D eigenvalue weighted by molar-refractivity contribution is -0.122. The molecule has 3 rings (SSSR count). The van der Waals surface area contributed by atoms with Crippen LogP contribution in [0.5, 0.6) is 0 Å². The zero-order chi connectivity index (χ0) is 19.8. The highest BCUT2D eigenvalue weighted by atomic mass is 32.2. The predicted molar refractivity (Wildman–Crippen MR) is 107 cm³/mol. The van der Waals surface area contributed by atoms with E-state index in [1.807, 2.05) is 36.4 Å². The molecule has 144 valence electrons. The lowest BCUT2D eigenvalue weighted by atomic mass is 10.1. The molecule has 0 unspecified atom stereocenters. The highest BCUT2D eigenvalue weighted by molar-refractivity contribution is 7.89. The molecule has 28 heavy (non-hydrogen) atoms. The maximum Gasteiger partial charge on any atom is 0.241 e. The van der Waals surface area contributed by atoms with Crippen molar-refractivity contribution in [2.24, 2.45) is 0 Å². The van der Waals surface area contributed by atoms with Crippen molar-refractivity contribution < 1.29 is 13.2 Å². The fraction of sp³-hybridized carbons (Fsp3) is 0.143. The summed E-state index contributed by atoms with van der Waals surface area (Å²) in [5.41, 5.74) is 1.55. The summed E-state index contributed by atoms with van der Waals surface area (Å²) < 4.78 is 28.0. The van der Waals surface area contributed by atoms with E-state index in [1.54, 1.807) is 36.5 Å². The van der Waals surface area contributed by atoms with Crippen LogP contribution < -0.4 is 10.0 Å².